The summed E-state index contributed by atoms with van der Waals surface area (Å²) in [6.07, 6.45) is 9.50. The van der Waals surface area contributed by atoms with E-state index in [-0.39, 0.29) is 0 Å². The van der Waals surface area contributed by atoms with E-state index in [2.05, 4.69) is 25.3 Å². The van der Waals surface area contributed by atoms with E-state index >= 15 is 0 Å². The van der Waals surface area contributed by atoms with Gasteiger partial charge >= 0.3 is 0 Å². The molecule has 3 nitrogen and oxygen atoms in total. The predicted molar refractivity (Wildman–Crippen MR) is 78.8 cm³/mol. The molecule has 1 aromatic heterocycles. The van der Waals surface area contributed by atoms with Crippen LogP contribution in [0.15, 0.2) is 0 Å². The van der Waals surface area contributed by atoms with Crippen molar-refractivity contribution >= 4 is 5.82 Å². The van der Waals surface area contributed by atoms with Crippen LogP contribution < -0.4 is 5.73 Å². The van der Waals surface area contributed by atoms with E-state index in [0.717, 1.165) is 36.7 Å². The SMILES string of the molecule is CCCCCCc1nc(CC)n(CCCC)c1N. The molecule has 2 N–H and O–H groups in total. The van der Waals surface area contributed by atoms with Crippen molar-refractivity contribution in [1.29, 1.82) is 0 Å². The highest BCUT2D eigenvalue weighted by atomic mass is 15.1. The summed E-state index contributed by atoms with van der Waals surface area (Å²) in [5.74, 6) is 2.07. The third-order valence-corrected chi connectivity index (χ3v) is 3.48. The Morgan fingerprint density at radius 2 is 1.72 bits per heavy atom. The first kappa shape index (κ1) is 15.1. The molecular formula is C15H29N3. The number of hydrogen-bond donors (Lipinski definition) is 1. The molecule has 1 aromatic rings. The Bertz CT molecular complexity index is 342. The Balaban J connectivity index is 2.64. The first-order valence-electron chi connectivity index (χ1n) is 7.58. The van der Waals surface area contributed by atoms with Gasteiger partial charge in [-0.3, -0.25) is 0 Å². The monoisotopic (exact) mass is 251 g/mol. The highest BCUT2D eigenvalue weighted by molar-refractivity contribution is 5.38. The van der Waals surface area contributed by atoms with Crippen molar-refractivity contribution in [2.24, 2.45) is 0 Å². The van der Waals surface area contributed by atoms with Gasteiger partial charge < -0.3 is 10.3 Å². The van der Waals surface area contributed by atoms with Gasteiger partial charge in [-0.15, -0.1) is 0 Å². The summed E-state index contributed by atoms with van der Waals surface area (Å²) in [5, 5.41) is 0. The number of aryl methyl sites for hydroxylation is 2. The molecule has 0 unspecified atom stereocenters. The normalized spacial score (nSPS) is 11.1. The number of rotatable bonds is 9. The number of aromatic nitrogens is 2. The van der Waals surface area contributed by atoms with E-state index in [1.54, 1.807) is 0 Å². The first-order valence-corrected chi connectivity index (χ1v) is 7.58. The number of anilines is 1. The number of nitrogen functional groups attached to an aromatic ring is 1. The van der Waals surface area contributed by atoms with Crippen molar-refractivity contribution in [3.05, 3.63) is 11.5 Å². The Morgan fingerprint density at radius 1 is 1.00 bits per heavy atom. The van der Waals surface area contributed by atoms with Crippen LogP contribution in [0.1, 0.15) is 70.8 Å². The number of imidazole rings is 1. The van der Waals surface area contributed by atoms with Crippen molar-refractivity contribution in [3.63, 3.8) is 0 Å². The van der Waals surface area contributed by atoms with E-state index in [4.69, 9.17) is 10.7 Å². The lowest BCUT2D eigenvalue weighted by molar-refractivity contribution is 0.612. The molecule has 0 bridgehead atoms. The lowest BCUT2D eigenvalue weighted by Gasteiger charge is -2.07. The molecule has 0 aliphatic heterocycles. The van der Waals surface area contributed by atoms with Crippen molar-refractivity contribution in [1.82, 2.24) is 9.55 Å². The first-order chi connectivity index (χ1) is 8.74. The minimum atomic E-state index is 0.914. The maximum atomic E-state index is 6.24. The minimum Gasteiger partial charge on any atom is -0.384 e. The topological polar surface area (TPSA) is 43.8 Å². The minimum absolute atomic E-state index is 0.914. The van der Waals surface area contributed by atoms with Gasteiger partial charge in [-0.05, 0) is 19.3 Å². The highest BCUT2D eigenvalue weighted by Gasteiger charge is 2.12. The van der Waals surface area contributed by atoms with E-state index in [1.807, 2.05) is 0 Å². The van der Waals surface area contributed by atoms with Crippen LogP contribution in [0.25, 0.3) is 0 Å². The molecule has 1 rings (SSSR count). The third-order valence-electron chi connectivity index (χ3n) is 3.48. The van der Waals surface area contributed by atoms with Crippen LogP contribution in [-0.4, -0.2) is 9.55 Å². The summed E-state index contributed by atoms with van der Waals surface area (Å²) < 4.78 is 2.22. The molecule has 0 atom stereocenters. The maximum Gasteiger partial charge on any atom is 0.126 e. The summed E-state index contributed by atoms with van der Waals surface area (Å²) in [7, 11) is 0. The lowest BCUT2D eigenvalue weighted by Crippen LogP contribution is -2.07. The van der Waals surface area contributed by atoms with Crippen LogP contribution >= 0.6 is 0 Å². The molecule has 0 spiro atoms. The molecule has 104 valence electrons. The molecule has 1 heterocycles. The van der Waals surface area contributed by atoms with Crippen molar-refractivity contribution < 1.29 is 0 Å². The molecule has 0 aromatic carbocycles. The summed E-state index contributed by atoms with van der Waals surface area (Å²) in [4.78, 5) is 4.72. The fourth-order valence-corrected chi connectivity index (χ4v) is 2.31. The molecule has 3 heteroatoms. The molecule has 0 fully saturated rings. The Morgan fingerprint density at radius 3 is 2.33 bits per heavy atom. The fraction of sp³-hybridized carbons (Fsp3) is 0.800. The average Bonchev–Trinajstić information content (AvgIpc) is 2.69. The Labute approximate surface area is 112 Å². The quantitative estimate of drug-likeness (QED) is 0.675. The Kier molecular flexibility index (Phi) is 6.84. The second-order valence-corrected chi connectivity index (χ2v) is 5.03. The predicted octanol–water partition coefficient (Wildman–Crippen LogP) is 3.95. The molecule has 18 heavy (non-hydrogen) atoms. The van der Waals surface area contributed by atoms with Crippen LogP contribution in [0.2, 0.25) is 0 Å². The standard InChI is InChI=1S/C15H29N3/c1-4-7-9-10-11-13-15(16)18(12-8-5-2)14(6-3)17-13/h4-12,16H2,1-3H3. The van der Waals surface area contributed by atoms with Crippen LogP contribution in [0.4, 0.5) is 5.82 Å². The molecule has 0 amide bonds. The average molecular weight is 251 g/mol. The van der Waals surface area contributed by atoms with Gasteiger partial charge in [0, 0.05) is 13.0 Å². The smallest absolute Gasteiger partial charge is 0.126 e. The zero-order valence-electron chi connectivity index (χ0n) is 12.3. The number of hydrogen-bond acceptors (Lipinski definition) is 2. The molecule has 0 radical (unpaired) electrons. The van der Waals surface area contributed by atoms with Gasteiger partial charge in [0.1, 0.15) is 11.6 Å². The molecule has 0 aliphatic rings. The van der Waals surface area contributed by atoms with Gasteiger partial charge in [0.15, 0.2) is 0 Å². The van der Waals surface area contributed by atoms with Gasteiger partial charge in [-0.1, -0.05) is 46.5 Å². The number of nitrogens with zero attached hydrogens (tertiary/aromatic N) is 2. The zero-order chi connectivity index (χ0) is 13.4. The molecule has 0 aliphatic carbocycles. The number of nitrogens with two attached hydrogens (primary N) is 1. The number of unbranched alkanes of at least 4 members (excludes halogenated alkanes) is 4. The van der Waals surface area contributed by atoms with Gasteiger partial charge in [0.2, 0.25) is 0 Å². The van der Waals surface area contributed by atoms with Crippen LogP contribution in [0.5, 0.6) is 0 Å². The van der Waals surface area contributed by atoms with Crippen molar-refractivity contribution in [2.75, 3.05) is 5.73 Å². The zero-order valence-corrected chi connectivity index (χ0v) is 12.3. The van der Waals surface area contributed by atoms with Crippen LogP contribution in [0.3, 0.4) is 0 Å². The van der Waals surface area contributed by atoms with Crippen molar-refractivity contribution in [3.8, 4) is 0 Å². The second-order valence-electron chi connectivity index (χ2n) is 5.03. The third kappa shape index (κ3) is 4.04. The largest absolute Gasteiger partial charge is 0.384 e. The maximum absolute atomic E-state index is 6.24. The van der Waals surface area contributed by atoms with Gasteiger partial charge in [-0.25, -0.2) is 4.98 Å². The van der Waals surface area contributed by atoms with Crippen molar-refractivity contribution in [2.45, 2.75) is 78.7 Å². The molecular weight excluding hydrogens is 222 g/mol. The highest BCUT2D eigenvalue weighted by Crippen LogP contribution is 2.19. The van der Waals surface area contributed by atoms with Crippen LogP contribution in [-0.2, 0) is 19.4 Å². The fourth-order valence-electron chi connectivity index (χ4n) is 2.31. The summed E-state index contributed by atoms with van der Waals surface area (Å²) in [5.41, 5.74) is 7.36. The van der Waals surface area contributed by atoms with Crippen LogP contribution in [0, 0.1) is 0 Å². The Hall–Kier alpha value is -0.990. The summed E-state index contributed by atoms with van der Waals surface area (Å²) in [6, 6.07) is 0. The van der Waals surface area contributed by atoms with E-state index < -0.39 is 0 Å². The van der Waals surface area contributed by atoms with E-state index in [0.29, 0.717) is 0 Å². The lowest BCUT2D eigenvalue weighted by atomic mass is 10.1. The molecule has 0 saturated heterocycles. The second kappa shape index (κ2) is 8.17. The summed E-state index contributed by atoms with van der Waals surface area (Å²) >= 11 is 0. The van der Waals surface area contributed by atoms with E-state index in [9.17, 15) is 0 Å². The van der Waals surface area contributed by atoms with E-state index in [1.165, 1.54) is 38.5 Å². The molecule has 0 saturated carbocycles. The van der Waals surface area contributed by atoms with Gasteiger partial charge in [0.25, 0.3) is 0 Å². The van der Waals surface area contributed by atoms with Gasteiger partial charge in [-0.2, -0.15) is 0 Å². The summed E-state index contributed by atoms with van der Waals surface area (Å²) in [6.45, 7) is 7.63. The van der Waals surface area contributed by atoms with Gasteiger partial charge in [0.05, 0.1) is 5.69 Å².